The normalized spacial score (nSPS) is 11.4. The molecule has 0 spiro atoms. The van der Waals surface area contributed by atoms with E-state index < -0.39 is 11.5 Å². The van der Waals surface area contributed by atoms with Crippen LogP contribution in [-0.2, 0) is 9.59 Å². The van der Waals surface area contributed by atoms with E-state index in [9.17, 15) is 9.59 Å². The van der Waals surface area contributed by atoms with Gasteiger partial charge in [0.1, 0.15) is 5.54 Å². The number of hydrogen-bond acceptors (Lipinski definition) is 3. The van der Waals surface area contributed by atoms with Gasteiger partial charge in [-0.05, 0) is 33.0 Å². The fraction of sp³-hybridized carbons (Fsp3) is 0.385. The van der Waals surface area contributed by atoms with Crippen LogP contribution in [0.1, 0.15) is 13.8 Å². The van der Waals surface area contributed by atoms with Gasteiger partial charge in [0, 0.05) is 0 Å². The molecule has 2 N–H and O–H groups in total. The number of rotatable bonds is 5. The molecule has 0 aromatic heterocycles. The molecule has 0 aliphatic heterocycles. The van der Waals surface area contributed by atoms with Crippen molar-refractivity contribution in [1.29, 1.82) is 0 Å². The van der Waals surface area contributed by atoms with Crippen molar-refractivity contribution in [3.63, 3.8) is 0 Å². The predicted molar refractivity (Wildman–Crippen MR) is 74.4 cm³/mol. The van der Waals surface area contributed by atoms with Crippen molar-refractivity contribution < 1.29 is 14.7 Å². The predicted octanol–water partition coefficient (Wildman–Crippen LogP) is 2.07. The zero-order chi connectivity index (χ0) is 14.6. The minimum atomic E-state index is -1.11. The number of anilines is 1. The van der Waals surface area contributed by atoms with E-state index in [1.165, 1.54) is 18.7 Å². The molecule has 1 aromatic rings. The number of halogens is 1. The first-order valence-electron chi connectivity index (χ1n) is 5.74. The van der Waals surface area contributed by atoms with Crippen LogP contribution < -0.4 is 5.32 Å². The minimum absolute atomic E-state index is 0.0372. The van der Waals surface area contributed by atoms with Crippen LogP contribution in [0.2, 0.25) is 5.02 Å². The number of carboxylic acid groups (broad SMARTS) is 1. The van der Waals surface area contributed by atoms with Crippen LogP contribution in [0.15, 0.2) is 24.3 Å². The summed E-state index contributed by atoms with van der Waals surface area (Å²) in [6, 6.07) is 6.87. The van der Waals surface area contributed by atoms with Crippen molar-refractivity contribution in [3.05, 3.63) is 29.3 Å². The average molecular weight is 285 g/mol. The van der Waals surface area contributed by atoms with E-state index in [1.807, 2.05) is 0 Å². The SMILES string of the molecule is CN(CC(=O)Nc1ccccc1Cl)C(C)(C)C(=O)O. The van der Waals surface area contributed by atoms with E-state index in [4.69, 9.17) is 16.7 Å². The van der Waals surface area contributed by atoms with Crippen LogP contribution in [-0.4, -0.2) is 41.0 Å². The van der Waals surface area contributed by atoms with E-state index >= 15 is 0 Å². The first-order valence-corrected chi connectivity index (χ1v) is 6.12. The summed E-state index contributed by atoms with van der Waals surface area (Å²) in [6.07, 6.45) is 0. The molecule has 1 aromatic carbocycles. The largest absolute Gasteiger partial charge is 0.480 e. The van der Waals surface area contributed by atoms with E-state index in [-0.39, 0.29) is 12.5 Å². The molecular weight excluding hydrogens is 268 g/mol. The topological polar surface area (TPSA) is 69.6 Å². The minimum Gasteiger partial charge on any atom is -0.480 e. The van der Waals surface area contributed by atoms with Crippen LogP contribution in [0.5, 0.6) is 0 Å². The van der Waals surface area contributed by atoms with Gasteiger partial charge in [-0.15, -0.1) is 0 Å². The molecule has 6 heteroatoms. The first-order chi connectivity index (χ1) is 8.75. The lowest BCUT2D eigenvalue weighted by Gasteiger charge is -2.30. The molecule has 0 saturated heterocycles. The van der Waals surface area contributed by atoms with E-state index in [0.717, 1.165) is 0 Å². The van der Waals surface area contributed by atoms with Crippen molar-refractivity contribution in [1.82, 2.24) is 4.90 Å². The zero-order valence-electron chi connectivity index (χ0n) is 11.1. The maximum Gasteiger partial charge on any atom is 0.323 e. The summed E-state index contributed by atoms with van der Waals surface area (Å²) in [6.45, 7) is 3.04. The van der Waals surface area contributed by atoms with Crippen molar-refractivity contribution in [2.75, 3.05) is 18.9 Å². The van der Waals surface area contributed by atoms with Gasteiger partial charge in [0.25, 0.3) is 0 Å². The Morgan fingerprint density at radius 2 is 1.95 bits per heavy atom. The molecule has 104 valence electrons. The molecule has 0 aliphatic rings. The lowest BCUT2D eigenvalue weighted by atomic mass is 10.0. The van der Waals surface area contributed by atoms with Crippen LogP contribution in [0.3, 0.4) is 0 Å². The number of nitrogens with one attached hydrogen (secondary N) is 1. The summed E-state index contributed by atoms with van der Waals surface area (Å²) in [5.74, 6) is -1.30. The zero-order valence-corrected chi connectivity index (χ0v) is 11.9. The number of hydrogen-bond donors (Lipinski definition) is 2. The molecule has 0 unspecified atom stereocenters. The summed E-state index contributed by atoms with van der Waals surface area (Å²) in [5, 5.41) is 12.2. The third-order valence-corrected chi connectivity index (χ3v) is 3.34. The maximum absolute atomic E-state index is 11.8. The Morgan fingerprint density at radius 1 is 1.37 bits per heavy atom. The molecule has 1 rings (SSSR count). The Balaban J connectivity index is 2.67. The summed E-state index contributed by atoms with van der Waals surface area (Å²) < 4.78 is 0. The number of carbonyl (C=O) groups is 2. The number of carbonyl (C=O) groups excluding carboxylic acids is 1. The number of para-hydroxylation sites is 1. The lowest BCUT2D eigenvalue weighted by molar-refractivity contribution is -0.148. The van der Waals surface area contributed by atoms with Crippen LogP contribution in [0.4, 0.5) is 5.69 Å². The Morgan fingerprint density at radius 3 is 2.47 bits per heavy atom. The van der Waals surface area contributed by atoms with Gasteiger partial charge in [0.15, 0.2) is 0 Å². The van der Waals surface area contributed by atoms with E-state index in [0.29, 0.717) is 10.7 Å². The van der Waals surface area contributed by atoms with Crippen LogP contribution in [0.25, 0.3) is 0 Å². The lowest BCUT2D eigenvalue weighted by Crippen LogP contribution is -2.50. The van der Waals surface area contributed by atoms with Gasteiger partial charge in [0.2, 0.25) is 5.91 Å². The van der Waals surface area contributed by atoms with Gasteiger partial charge < -0.3 is 10.4 Å². The fourth-order valence-corrected chi connectivity index (χ4v) is 1.51. The van der Waals surface area contributed by atoms with E-state index in [1.54, 1.807) is 31.3 Å². The molecule has 0 radical (unpaired) electrons. The Bertz CT molecular complexity index is 489. The van der Waals surface area contributed by atoms with Gasteiger partial charge >= 0.3 is 5.97 Å². The molecule has 0 atom stereocenters. The third kappa shape index (κ3) is 3.94. The second-order valence-electron chi connectivity index (χ2n) is 4.75. The number of likely N-dealkylation sites (N-methyl/N-ethyl adjacent to an activating group) is 1. The Hall–Kier alpha value is -1.59. The number of carboxylic acids is 1. The standard InChI is InChI=1S/C13H17ClN2O3/c1-13(2,12(18)19)16(3)8-11(17)15-10-7-5-4-6-9(10)14/h4-7H,8H2,1-3H3,(H,15,17)(H,18,19). The highest BCUT2D eigenvalue weighted by atomic mass is 35.5. The summed E-state index contributed by atoms with van der Waals surface area (Å²) in [5.41, 5.74) is -0.603. The second-order valence-corrected chi connectivity index (χ2v) is 5.16. The quantitative estimate of drug-likeness (QED) is 0.868. The number of amides is 1. The van der Waals surface area contributed by atoms with Gasteiger partial charge in [-0.2, -0.15) is 0 Å². The van der Waals surface area contributed by atoms with Crippen molar-refractivity contribution >= 4 is 29.2 Å². The molecule has 0 saturated carbocycles. The van der Waals surface area contributed by atoms with Gasteiger partial charge in [-0.3, -0.25) is 14.5 Å². The average Bonchev–Trinajstić information content (AvgIpc) is 2.31. The monoisotopic (exact) mass is 284 g/mol. The number of benzene rings is 1. The molecule has 0 bridgehead atoms. The third-order valence-electron chi connectivity index (χ3n) is 3.01. The Kier molecular flexibility index (Phi) is 4.91. The molecule has 0 aliphatic carbocycles. The summed E-state index contributed by atoms with van der Waals surface area (Å²) in [4.78, 5) is 24.4. The van der Waals surface area contributed by atoms with Gasteiger partial charge in [-0.1, -0.05) is 23.7 Å². The van der Waals surface area contributed by atoms with Crippen molar-refractivity contribution in [3.8, 4) is 0 Å². The molecule has 0 fully saturated rings. The summed E-state index contributed by atoms with van der Waals surface area (Å²) >= 11 is 5.92. The van der Waals surface area contributed by atoms with E-state index in [2.05, 4.69) is 5.32 Å². The Labute approximate surface area is 117 Å². The van der Waals surface area contributed by atoms with Crippen molar-refractivity contribution in [2.45, 2.75) is 19.4 Å². The highest BCUT2D eigenvalue weighted by Gasteiger charge is 2.32. The number of aliphatic carboxylic acids is 1. The molecule has 1 amide bonds. The summed E-state index contributed by atoms with van der Waals surface area (Å²) in [7, 11) is 1.58. The molecule has 0 heterocycles. The second kappa shape index (κ2) is 6.04. The molecule has 19 heavy (non-hydrogen) atoms. The smallest absolute Gasteiger partial charge is 0.323 e. The van der Waals surface area contributed by atoms with Gasteiger partial charge in [0.05, 0.1) is 17.3 Å². The van der Waals surface area contributed by atoms with Crippen LogP contribution >= 0.6 is 11.6 Å². The van der Waals surface area contributed by atoms with Crippen molar-refractivity contribution in [2.24, 2.45) is 0 Å². The van der Waals surface area contributed by atoms with Crippen LogP contribution in [0, 0.1) is 0 Å². The fourth-order valence-electron chi connectivity index (χ4n) is 1.33. The highest BCUT2D eigenvalue weighted by molar-refractivity contribution is 6.33. The maximum atomic E-state index is 11.8. The highest BCUT2D eigenvalue weighted by Crippen LogP contribution is 2.20. The number of nitrogens with zero attached hydrogens (tertiary/aromatic N) is 1. The molecular formula is C13H17ClN2O3. The first kappa shape index (κ1) is 15.5. The van der Waals surface area contributed by atoms with Gasteiger partial charge in [-0.25, -0.2) is 0 Å². The molecule has 5 nitrogen and oxygen atoms in total.